The van der Waals surface area contributed by atoms with Gasteiger partial charge in [0.05, 0.1) is 10.2 Å². The summed E-state index contributed by atoms with van der Waals surface area (Å²) in [7, 11) is 0. The van der Waals surface area contributed by atoms with Gasteiger partial charge in [-0.15, -0.1) is 11.3 Å². The van der Waals surface area contributed by atoms with Crippen LogP contribution >= 0.6 is 23.1 Å². The van der Waals surface area contributed by atoms with E-state index in [1.54, 1.807) is 0 Å². The maximum absolute atomic E-state index is 4.75. The van der Waals surface area contributed by atoms with E-state index >= 15 is 0 Å². The molecule has 102 valence electrons. The molecule has 0 bridgehead atoms. The number of thiazole rings is 1. The molecule has 19 heavy (non-hydrogen) atoms. The van der Waals surface area contributed by atoms with Gasteiger partial charge in [-0.1, -0.05) is 38.6 Å². The lowest BCUT2D eigenvalue weighted by Gasteiger charge is -2.18. The van der Waals surface area contributed by atoms with Crippen LogP contribution in [0.4, 0.5) is 0 Å². The Hall–Kier alpha value is -0.580. The van der Waals surface area contributed by atoms with Crippen molar-refractivity contribution in [3.05, 3.63) is 23.8 Å². The highest BCUT2D eigenvalue weighted by Crippen LogP contribution is 2.35. The lowest BCUT2D eigenvalue weighted by atomic mass is 9.87. The number of nitrogens with one attached hydrogen (secondary N) is 1. The van der Waals surface area contributed by atoms with Crippen molar-refractivity contribution in [3.63, 3.8) is 0 Å². The van der Waals surface area contributed by atoms with Crippen LogP contribution in [0.2, 0.25) is 0 Å². The van der Waals surface area contributed by atoms with E-state index in [2.05, 4.69) is 44.3 Å². The van der Waals surface area contributed by atoms with Crippen LogP contribution in [0, 0.1) is 0 Å². The minimum Gasteiger partial charge on any atom is -0.316 e. The van der Waals surface area contributed by atoms with Crippen LogP contribution < -0.4 is 5.32 Å². The molecule has 1 N–H and O–H groups in total. The Morgan fingerprint density at radius 3 is 2.89 bits per heavy atom. The molecule has 0 spiro atoms. The quantitative estimate of drug-likeness (QED) is 0.904. The summed E-state index contributed by atoms with van der Waals surface area (Å²) in [6.07, 6.45) is 1.26. The van der Waals surface area contributed by atoms with Gasteiger partial charge in [0.25, 0.3) is 0 Å². The van der Waals surface area contributed by atoms with Crippen LogP contribution in [-0.4, -0.2) is 23.3 Å². The standard InChI is InChI=1S/C15H20N2S2/c1-15(2,3)10-4-5-12-13(8-10)19-14(17-12)18-11-6-7-16-9-11/h4-5,8,11,16H,6-7,9H2,1-3H3. The summed E-state index contributed by atoms with van der Waals surface area (Å²) >= 11 is 3.77. The van der Waals surface area contributed by atoms with Crippen LogP contribution in [0.5, 0.6) is 0 Å². The Morgan fingerprint density at radius 1 is 1.37 bits per heavy atom. The number of hydrogen-bond donors (Lipinski definition) is 1. The average molecular weight is 292 g/mol. The van der Waals surface area contributed by atoms with Crippen LogP contribution in [0.15, 0.2) is 22.5 Å². The van der Waals surface area contributed by atoms with E-state index in [0.717, 1.165) is 18.6 Å². The molecule has 0 aliphatic carbocycles. The molecule has 1 saturated heterocycles. The van der Waals surface area contributed by atoms with E-state index in [1.165, 1.54) is 21.0 Å². The first kappa shape index (κ1) is 13.4. The molecule has 1 fully saturated rings. The van der Waals surface area contributed by atoms with Crippen molar-refractivity contribution in [2.45, 2.75) is 42.2 Å². The van der Waals surface area contributed by atoms with Gasteiger partial charge in [-0.3, -0.25) is 0 Å². The maximum Gasteiger partial charge on any atom is 0.151 e. The number of fused-ring (bicyclic) bond motifs is 1. The Bertz CT molecular complexity index is 577. The molecule has 1 aromatic carbocycles. The second-order valence-electron chi connectivity index (χ2n) is 6.14. The molecule has 4 heteroatoms. The number of nitrogens with zero attached hydrogens (tertiary/aromatic N) is 1. The van der Waals surface area contributed by atoms with E-state index < -0.39 is 0 Å². The van der Waals surface area contributed by atoms with Gasteiger partial charge in [0.2, 0.25) is 0 Å². The molecule has 1 atom stereocenters. The van der Waals surface area contributed by atoms with Crippen molar-refractivity contribution < 1.29 is 0 Å². The summed E-state index contributed by atoms with van der Waals surface area (Å²) in [5, 5.41) is 4.11. The molecule has 1 aliphatic heterocycles. The van der Waals surface area contributed by atoms with E-state index in [-0.39, 0.29) is 5.41 Å². The Morgan fingerprint density at radius 2 is 2.21 bits per heavy atom. The van der Waals surface area contributed by atoms with Gasteiger partial charge in [0, 0.05) is 11.8 Å². The molecule has 2 aromatic rings. The van der Waals surface area contributed by atoms with Gasteiger partial charge in [-0.05, 0) is 36.1 Å². The molecular formula is C15H20N2S2. The number of benzene rings is 1. The summed E-state index contributed by atoms with van der Waals surface area (Å²) in [5.74, 6) is 0. The first-order valence-electron chi connectivity index (χ1n) is 6.81. The molecule has 1 aromatic heterocycles. The van der Waals surface area contributed by atoms with Crippen molar-refractivity contribution >= 4 is 33.3 Å². The molecule has 2 heterocycles. The summed E-state index contributed by atoms with van der Waals surface area (Å²) in [5.41, 5.74) is 2.75. The van der Waals surface area contributed by atoms with Crippen LogP contribution in [0.1, 0.15) is 32.8 Å². The van der Waals surface area contributed by atoms with Crippen molar-refractivity contribution in [1.82, 2.24) is 10.3 Å². The molecule has 1 unspecified atom stereocenters. The Kier molecular flexibility index (Phi) is 3.58. The summed E-state index contributed by atoms with van der Waals surface area (Å²) < 4.78 is 2.54. The fourth-order valence-corrected chi connectivity index (χ4v) is 4.77. The van der Waals surface area contributed by atoms with Gasteiger partial charge >= 0.3 is 0 Å². The summed E-state index contributed by atoms with van der Waals surface area (Å²) in [6.45, 7) is 9.05. The van der Waals surface area contributed by atoms with Crippen LogP contribution in [0.25, 0.3) is 10.2 Å². The molecule has 3 rings (SSSR count). The number of hydrogen-bond acceptors (Lipinski definition) is 4. The lowest BCUT2D eigenvalue weighted by molar-refractivity contribution is 0.591. The normalized spacial score (nSPS) is 20.3. The minimum atomic E-state index is 0.209. The second-order valence-corrected chi connectivity index (χ2v) is 8.72. The SMILES string of the molecule is CC(C)(C)c1ccc2nc(SC3CCNC3)sc2c1. The fourth-order valence-electron chi connectivity index (χ4n) is 2.29. The zero-order valence-corrected chi connectivity index (χ0v) is 13.3. The monoisotopic (exact) mass is 292 g/mol. The van der Waals surface area contributed by atoms with Crippen molar-refractivity contribution in [2.24, 2.45) is 0 Å². The maximum atomic E-state index is 4.75. The highest BCUT2D eigenvalue weighted by Gasteiger charge is 2.19. The van der Waals surface area contributed by atoms with E-state index in [9.17, 15) is 0 Å². The molecular weight excluding hydrogens is 272 g/mol. The fraction of sp³-hybridized carbons (Fsp3) is 0.533. The van der Waals surface area contributed by atoms with Gasteiger partial charge < -0.3 is 5.32 Å². The van der Waals surface area contributed by atoms with Crippen LogP contribution in [0.3, 0.4) is 0 Å². The van der Waals surface area contributed by atoms with Gasteiger partial charge in [0.15, 0.2) is 4.34 Å². The molecule has 2 nitrogen and oxygen atoms in total. The van der Waals surface area contributed by atoms with Crippen molar-refractivity contribution in [1.29, 1.82) is 0 Å². The van der Waals surface area contributed by atoms with E-state index in [1.807, 2.05) is 23.1 Å². The Balaban J connectivity index is 1.87. The van der Waals surface area contributed by atoms with Gasteiger partial charge in [-0.2, -0.15) is 0 Å². The summed E-state index contributed by atoms with van der Waals surface area (Å²) in [4.78, 5) is 4.75. The largest absolute Gasteiger partial charge is 0.316 e. The van der Waals surface area contributed by atoms with Crippen LogP contribution in [-0.2, 0) is 5.41 Å². The van der Waals surface area contributed by atoms with Crippen molar-refractivity contribution in [3.8, 4) is 0 Å². The molecule has 0 amide bonds. The first-order valence-corrected chi connectivity index (χ1v) is 8.50. The third-order valence-corrected chi connectivity index (χ3v) is 5.90. The molecule has 0 saturated carbocycles. The first-order chi connectivity index (χ1) is 9.02. The molecule has 1 aliphatic rings. The minimum absolute atomic E-state index is 0.209. The predicted octanol–water partition coefficient (Wildman–Crippen LogP) is 4.05. The number of thioether (sulfide) groups is 1. The zero-order valence-electron chi connectivity index (χ0n) is 11.7. The zero-order chi connectivity index (χ0) is 13.5. The third kappa shape index (κ3) is 2.96. The van der Waals surface area contributed by atoms with E-state index in [4.69, 9.17) is 4.98 Å². The van der Waals surface area contributed by atoms with Gasteiger partial charge in [-0.25, -0.2) is 4.98 Å². The lowest BCUT2D eigenvalue weighted by Crippen LogP contribution is -2.10. The van der Waals surface area contributed by atoms with E-state index in [0.29, 0.717) is 5.25 Å². The number of aromatic nitrogens is 1. The number of rotatable bonds is 2. The topological polar surface area (TPSA) is 24.9 Å². The molecule has 0 radical (unpaired) electrons. The van der Waals surface area contributed by atoms with Gasteiger partial charge in [0.1, 0.15) is 0 Å². The second kappa shape index (κ2) is 5.08. The Labute approximate surface area is 123 Å². The predicted molar refractivity (Wildman–Crippen MR) is 85.5 cm³/mol. The smallest absolute Gasteiger partial charge is 0.151 e. The summed E-state index contributed by atoms with van der Waals surface area (Å²) in [6, 6.07) is 6.70. The third-order valence-electron chi connectivity index (χ3n) is 3.52. The highest BCUT2D eigenvalue weighted by molar-refractivity contribution is 8.01. The van der Waals surface area contributed by atoms with Crippen molar-refractivity contribution in [2.75, 3.05) is 13.1 Å². The highest BCUT2D eigenvalue weighted by atomic mass is 32.2. The average Bonchev–Trinajstić information content (AvgIpc) is 2.95.